The van der Waals surface area contributed by atoms with Gasteiger partial charge in [0.1, 0.15) is 5.82 Å². The van der Waals surface area contributed by atoms with Gasteiger partial charge < -0.3 is 0 Å². The molecule has 5 heteroatoms. The molecule has 0 aliphatic rings. The van der Waals surface area contributed by atoms with Crippen LogP contribution in [0.15, 0.2) is 51.4 Å². The van der Waals surface area contributed by atoms with E-state index < -0.39 is 0 Å². The fourth-order valence-corrected chi connectivity index (χ4v) is 2.68. The van der Waals surface area contributed by atoms with Gasteiger partial charge in [0.05, 0.1) is 6.04 Å². The molecule has 0 saturated carbocycles. The first-order chi connectivity index (χ1) is 9.10. The van der Waals surface area contributed by atoms with Crippen molar-refractivity contribution in [3.63, 3.8) is 0 Å². The van der Waals surface area contributed by atoms with Crippen LogP contribution < -0.4 is 11.3 Å². The van der Waals surface area contributed by atoms with Crippen LogP contribution >= 0.6 is 31.9 Å². The molecule has 0 radical (unpaired) electrons. The third kappa shape index (κ3) is 3.86. The Labute approximate surface area is 128 Å². The summed E-state index contributed by atoms with van der Waals surface area (Å²) in [6.07, 6.45) is 0.686. The molecule has 0 aromatic heterocycles. The van der Waals surface area contributed by atoms with Gasteiger partial charge in [-0.15, -0.1) is 0 Å². The Kier molecular flexibility index (Phi) is 5.10. The average Bonchev–Trinajstić information content (AvgIpc) is 2.41. The van der Waals surface area contributed by atoms with Crippen LogP contribution in [-0.4, -0.2) is 0 Å². The maximum Gasteiger partial charge on any atom is 0.123 e. The molecule has 0 spiro atoms. The first kappa shape index (κ1) is 14.7. The molecule has 100 valence electrons. The number of hydrazine groups is 1. The number of hydrogen-bond donors (Lipinski definition) is 2. The minimum absolute atomic E-state index is 0.147. The van der Waals surface area contributed by atoms with Crippen molar-refractivity contribution in [2.75, 3.05) is 0 Å². The second-order valence-electron chi connectivity index (χ2n) is 4.22. The number of nitrogens with one attached hydrogen (secondary N) is 1. The van der Waals surface area contributed by atoms with Crippen LogP contribution in [-0.2, 0) is 6.42 Å². The predicted octanol–water partition coefficient (Wildman–Crippen LogP) is 4.10. The van der Waals surface area contributed by atoms with E-state index in [9.17, 15) is 4.39 Å². The molecule has 3 N–H and O–H groups in total. The van der Waals surface area contributed by atoms with Gasteiger partial charge in [0.2, 0.25) is 0 Å². The van der Waals surface area contributed by atoms with Crippen molar-refractivity contribution in [3.8, 4) is 0 Å². The Morgan fingerprint density at radius 3 is 2.42 bits per heavy atom. The molecule has 19 heavy (non-hydrogen) atoms. The third-order valence-corrected chi connectivity index (χ3v) is 4.14. The molecule has 0 fully saturated rings. The van der Waals surface area contributed by atoms with Gasteiger partial charge in [-0.1, -0.05) is 44.0 Å². The van der Waals surface area contributed by atoms with Gasteiger partial charge >= 0.3 is 0 Å². The van der Waals surface area contributed by atoms with Gasteiger partial charge in [0, 0.05) is 8.95 Å². The van der Waals surface area contributed by atoms with Gasteiger partial charge in [-0.3, -0.25) is 11.3 Å². The number of benzene rings is 2. The van der Waals surface area contributed by atoms with Crippen LogP contribution in [0.5, 0.6) is 0 Å². The number of nitrogens with two attached hydrogens (primary N) is 1. The Balaban J connectivity index is 2.24. The lowest BCUT2D eigenvalue weighted by molar-refractivity contribution is 0.542. The molecule has 0 amide bonds. The lowest BCUT2D eigenvalue weighted by atomic mass is 9.99. The molecular formula is C14H13Br2FN2. The van der Waals surface area contributed by atoms with Crippen LogP contribution in [0.4, 0.5) is 4.39 Å². The molecule has 1 unspecified atom stereocenters. The van der Waals surface area contributed by atoms with E-state index in [-0.39, 0.29) is 11.9 Å². The Morgan fingerprint density at radius 1 is 1.11 bits per heavy atom. The first-order valence-electron chi connectivity index (χ1n) is 5.75. The highest BCUT2D eigenvalue weighted by molar-refractivity contribution is 9.10. The standard InChI is InChI=1S/C14H13Br2FN2/c15-10-3-1-9(2-4-10)7-14(19-18)12-8-11(17)5-6-13(12)16/h1-6,8,14,19H,7,18H2. The van der Waals surface area contributed by atoms with Crippen molar-refractivity contribution in [1.82, 2.24) is 5.43 Å². The normalized spacial score (nSPS) is 12.4. The van der Waals surface area contributed by atoms with Crippen LogP contribution in [0.1, 0.15) is 17.2 Å². The summed E-state index contributed by atoms with van der Waals surface area (Å²) >= 11 is 6.82. The van der Waals surface area contributed by atoms with Crippen LogP contribution in [0.25, 0.3) is 0 Å². The number of rotatable bonds is 4. The van der Waals surface area contributed by atoms with E-state index in [4.69, 9.17) is 5.84 Å². The van der Waals surface area contributed by atoms with Crippen molar-refractivity contribution in [3.05, 3.63) is 68.4 Å². The zero-order valence-electron chi connectivity index (χ0n) is 10.0. The molecule has 2 aromatic rings. The first-order valence-corrected chi connectivity index (χ1v) is 7.34. The molecule has 0 saturated heterocycles. The van der Waals surface area contributed by atoms with E-state index in [1.807, 2.05) is 24.3 Å². The van der Waals surface area contributed by atoms with E-state index in [1.165, 1.54) is 12.1 Å². The summed E-state index contributed by atoms with van der Waals surface area (Å²) in [5.74, 6) is 5.33. The lowest BCUT2D eigenvalue weighted by Crippen LogP contribution is -2.30. The highest BCUT2D eigenvalue weighted by atomic mass is 79.9. The zero-order chi connectivity index (χ0) is 13.8. The topological polar surface area (TPSA) is 38.0 Å². The van der Waals surface area contributed by atoms with Crippen LogP contribution in [0.2, 0.25) is 0 Å². The summed E-state index contributed by atoms with van der Waals surface area (Å²) in [4.78, 5) is 0. The van der Waals surface area contributed by atoms with Crippen LogP contribution in [0, 0.1) is 5.82 Å². The Morgan fingerprint density at radius 2 is 1.79 bits per heavy atom. The average molecular weight is 388 g/mol. The minimum atomic E-state index is -0.269. The predicted molar refractivity (Wildman–Crippen MR) is 82.0 cm³/mol. The maximum atomic E-state index is 13.3. The van der Waals surface area contributed by atoms with Crippen molar-refractivity contribution in [1.29, 1.82) is 0 Å². The second kappa shape index (κ2) is 6.61. The van der Waals surface area contributed by atoms with E-state index >= 15 is 0 Å². The van der Waals surface area contributed by atoms with E-state index in [0.29, 0.717) is 6.42 Å². The molecule has 1 atom stereocenters. The highest BCUT2D eigenvalue weighted by Gasteiger charge is 2.14. The molecular weight excluding hydrogens is 375 g/mol. The van der Waals surface area contributed by atoms with E-state index in [1.54, 1.807) is 6.07 Å². The number of halogens is 3. The summed E-state index contributed by atoms with van der Waals surface area (Å²) in [6.45, 7) is 0. The van der Waals surface area contributed by atoms with E-state index in [0.717, 1.165) is 20.1 Å². The maximum absolute atomic E-state index is 13.3. The molecule has 0 heterocycles. The fraction of sp³-hybridized carbons (Fsp3) is 0.143. The van der Waals surface area contributed by atoms with Gasteiger partial charge in [-0.25, -0.2) is 4.39 Å². The second-order valence-corrected chi connectivity index (χ2v) is 5.99. The Hall–Kier alpha value is -0.750. The zero-order valence-corrected chi connectivity index (χ0v) is 13.2. The lowest BCUT2D eigenvalue weighted by Gasteiger charge is -2.18. The molecule has 0 bridgehead atoms. The Bertz CT molecular complexity index is 558. The van der Waals surface area contributed by atoms with Gasteiger partial charge in [-0.2, -0.15) is 0 Å². The SMILES string of the molecule is NNC(Cc1ccc(Br)cc1)c1cc(F)ccc1Br. The highest BCUT2D eigenvalue weighted by Crippen LogP contribution is 2.27. The van der Waals surface area contributed by atoms with Crippen molar-refractivity contribution < 1.29 is 4.39 Å². The van der Waals surface area contributed by atoms with Crippen molar-refractivity contribution >= 4 is 31.9 Å². The van der Waals surface area contributed by atoms with Crippen molar-refractivity contribution in [2.45, 2.75) is 12.5 Å². The molecule has 2 rings (SSSR count). The fourth-order valence-electron chi connectivity index (χ4n) is 1.90. The smallest absolute Gasteiger partial charge is 0.123 e. The van der Waals surface area contributed by atoms with Gasteiger partial charge in [-0.05, 0) is 47.9 Å². The summed E-state index contributed by atoms with van der Waals surface area (Å²) < 4.78 is 15.2. The summed E-state index contributed by atoms with van der Waals surface area (Å²) in [5.41, 5.74) is 4.68. The molecule has 0 aliphatic heterocycles. The summed E-state index contributed by atoms with van der Waals surface area (Å²) in [5, 5.41) is 0. The third-order valence-electron chi connectivity index (χ3n) is 2.89. The quantitative estimate of drug-likeness (QED) is 0.612. The van der Waals surface area contributed by atoms with E-state index in [2.05, 4.69) is 37.3 Å². The molecule has 2 nitrogen and oxygen atoms in total. The summed E-state index contributed by atoms with van der Waals surface area (Å²) in [7, 11) is 0. The van der Waals surface area contributed by atoms with Crippen molar-refractivity contribution in [2.24, 2.45) is 5.84 Å². The van der Waals surface area contributed by atoms with Gasteiger partial charge in [0.15, 0.2) is 0 Å². The van der Waals surface area contributed by atoms with Crippen LogP contribution in [0.3, 0.4) is 0 Å². The van der Waals surface area contributed by atoms with Gasteiger partial charge in [0.25, 0.3) is 0 Å². The monoisotopic (exact) mass is 386 g/mol. The number of hydrogen-bond acceptors (Lipinski definition) is 2. The molecule has 2 aromatic carbocycles. The minimum Gasteiger partial charge on any atom is -0.271 e. The molecule has 0 aliphatic carbocycles. The summed E-state index contributed by atoms with van der Waals surface area (Å²) in [6, 6.07) is 12.4. The largest absolute Gasteiger partial charge is 0.271 e.